The standard InChI is InChI=1S/C21H19N5O4S/c1-15(27)16-2-4-18(5-3-16)23-25-20-10-12-21(13-11-20)26-24-19-8-6-17(7-9-19)22-14-31(28,29)30/h2-13,22H,14H2,1H3,(H,28,29,30). The number of nitrogens with zero attached hydrogens (tertiary/aromatic N) is 4. The van der Waals surface area contributed by atoms with Crippen molar-refractivity contribution in [1.82, 2.24) is 0 Å². The molecule has 0 heterocycles. The molecule has 3 aromatic carbocycles. The third-order valence-corrected chi connectivity index (χ3v) is 4.52. The molecule has 0 radical (unpaired) electrons. The molecule has 2 N–H and O–H groups in total. The highest BCUT2D eigenvalue weighted by atomic mass is 32.2. The van der Waals surface area contributed by atoms with Gasteiger partial charge in [0, 0.05) is 11.3 Å². The number of azo groups is 2. The summed E-state index contributed by atoms with van der Waals surface area (Å²) in [7, 11) is -4.09. The van der Waals surface area contributed by atoms with Gasteiger partial charge in [0.1, 0.15) is 5.88 Å². The first-order valence-corrected chi connectivity index (χ1v) is 10.7. The van der Waals surface area contributed by atoms with E-state index >= 15 is 0 Å². The minimum absolute atomic E-state index is 0.00185. The summed E-state index contributed by atoms with van der Waals surface area (Å²) in [6.07, 6.45) is 0. The fourth-order valence-electron chi connectivity index (χ4n) is 2.40. The Labute approximate surface area is 179 Å². The molecule has 0 fully saturated rings. The molecule has 9 nitrogen and oxygen atoms in total. The Kier molecular flexibility index (Phi) is 6.96. The molecule has 0 bridgehead atoms. The first-order chi connectivity index (χ1) is 14.8. The Morgan fingerprint density at radius 2 is 1.10 bits per heavy atom. The molecule has 0 saturated carbocycles. The van der Waals surface area contributed by atoms with Crippen molar-refractivity contribution in [3.05, 3.63) is 78.4 Å². The first-order valence-electron chi connectivity index (χ1n) is 9.12. The number of Topliss-reactive ketones (excluding diaryl/α,β-unsaturated/α-hetero) is 1. The average Bonchev–Trinajstić information content (AvgIpc) is 2.76. The maximum Gasteiger partial charge on any atom is 0.283 e. The molecule has 0 spiro atoms. The Morgan fingerprint density at radius 3 is 1.45 bits per heavy atom. The summed E-state index contributed by atoms with van der Waals surface area (Å²) in [5, 5.41) is 19.1. The van der Waals surface area contributed by atoms with E-state index in [4.69, 9.17) is 4.55 Å². The van der Waals surface area contributed by atoms with E-state index < -0.39 is 16.0 Å². The van der Waals surface area contributed by atoms with Crippen molar-refractivity contribution in [3.63, 3.8) is 0 Å². The van der Waals surface area contributed by atoms with Crippen LogP contribution in [0.15, 0.2) is 93.3 Å². The lowest BCUT2D eigenvalue weighted by Crippen LogP contribution is -2.12. The number of carbonyl (C=O) groups is 1. The quantitative estimate of drug-likeness (QED) is 0.254. The van der Waals surface area contributed by atoms with Crippen LogP contribution < -0.4 is 5.32 Å². The highest BCUT2D eigenvalue weighted by Crippen LogP contribution is 2.24. The number of hydrogen-bond acceptors (Lipinski definition) is 8. The first kappa shape index (κ1) is 21.9. The Morgan fingerprint density at radius 1 is 0.742 bits per heavy atom. The van der Waals surface area contributed by atoms with Crippen LogP contribution >= 0.6 is 0 Å². The van der Waals surface area contributed by atoms with Crippen LogP contribution in [0, 0.1) is 0 Å². The Bertz CT molecular complexity index is 1200. The fourth-order valence-corrected chi connectivity index (χ4v) is 2.75. The molecule has 0 aliphatic rings. The lowest BCUT2D eigenvalue weighted by atomic mass is 10.1. The molecule has 0 aliphatic carbocycles. The van der Waals surface area contributed by atoms with Gasteiger partial charge in [0.2, 0.25) is 0 Å². The molecule has 0 amide bonds. The number of benzene rings is 3. The van der Waals surface area contributed by atoms with Crippen LogP contribution in [0.2, 0.25) is 0 Å². The largest absolute Gasteiger partial charge is 0.370 e. The molecule has 31 heavy (non-hydrogen) atoms. The number of ketones is 1. The predicted molar refractivity (Wildman–Crippen MR) is 118 cm³/mol. The summed E-state index contributed by atoms with van der Waals surface area (Å²) in [6.45, 7) is 1.51. The van der Waals surface area contributed by atoms with E-state index in [9.17, 15) is 13.2 Å². The van der Waals surface area contributed by atoms with Gasteiger partial charge in [-0.25, -0.2) is 0 Å². The van der Waals surface area contributed by atoms with Crippen LogP contribution in [0.5, 0.6) is 0 Å². The topological polar surface area (TPSA) is 133 Å². The van der Waals surface area contributed by atoms with Gasteiger partial charge in [-0.05, 0) is 79.7 Å². The predicted octanol–water partition coefficient (Wildman–Crippen LogP) is 5.98. The zero-order chi connectivity index (χ0) is 22.3. The van der Waals surface area contributed by atoms with E-state index in [-0.39, 0.29) is 5.78 Å². The molecule has 0 atom stereocenters. The van der Waals surface area contributed by atoms with E-state index in [2.05, 4.69) is 25.8 Å². The van der Waals surface area contributed by atoms with Crippen molar-refractivity contribution in [2.75, 3.05) is 11.2 Å². The smallest absolute Gasteiger partial charge is 0.283 e. The van der Waals surface area contributed by atoms with Gasteiger partial charge in [-0.2, -0.15) is 28.9 Å². The second-order valence-corrected chi connectivity index (χ2v) is 7.92. The van der Waals surface area contributed by atoms with Crippen LogP contribution in [-0.4, -0.2) is 24.6 Å². The summed E-state index contributed by atoms with van der Waals surface area (Å²) < 4.78 is 30.2. The molecule has 3 rings (SSSR count). The van der Waals surface area contributed by atoms with Crippen molar-refractivity contribution >= 4 is 44.3 Å². The van der Waals surface area contributed by atoms with Crippen molar-refractivity contribution < 1.29 is 17.8 Å². The minimum atomic E-state index is -4.09. The molecule has 10 heteroatoms. The zero-order valence-electron chi connectivity index (χ0n) is 16.5. The SMILES string of the molecule is CC(=O)c1ccc(N=Nc2ccc(N=Nc3ccc(NCS(=O)(=O)O)cc3)cc2)cc1. The average molecular weight is 437 g/mol. The van der Waals surface area contributed by atoms with Crippen LogP contribution in [0.4, 0.5) is 28.4 Å². The Hall–Kier alpha value is -3.76. The molecule has 158 valence electrons. The van der Waals surface area contributed by atoms with Crippen molar-refractivity contribution in [2.24, 2.45) is 20.5 Å². The normalized spacial score (nSPS) is 11.8. The van der Waals surface area contributed by atoms with Gasteiger partial charge in [-0.1, -0.05) is 0 Å². The second kappa shape index (κ2) is 9.83. The van der Waals surface area contributed by atoms with Crippen molar-refractivity contribution in [1.29, 1.82) is 0 Å². The van der Waals surface area contributed by atoms with E-state index in [0.29, 0.717) is 34.0 Å². The van der Waals surface area contributed by atoms with Gasteiger partial charge in [0.15, 0.2) is 5.78 Å². The van der Waals surface area contributed by atoms with Crippen LogP contribution in [0.3, 0.4) is 0 Å². The molecule has 0 saturated heterocycles. The lowest BCUT2D eigenvalue weighted by Gasteiger charge is -2.03. The third-order valence-electron chi connectivity index (χ3n) is 4.01. The van der Waals surface area contributed by atoms with Gasteiger partial charge < -0.3 is 5.32 Å². The third kappa shape index (κ3) is 7.21. The number of nitrogens with one attached hydrogen (secondary N) is 1. The number of hydrogen-bond donors (Lipinski definition) is 2. The van der Waals surface area contributed by atoms with Gasteiger partial charge in [0.05, 0.1) is 22.7 Å². The van der Waals surface area contributed by atoms with E-state index in [1.165, 1.54) is 6.92 Å². The molecule has 0 unspecified atom stereocenters. The summed E-state index contributed by atoms with van der Waals surface area (Å²) in [6, 6.07) is 20.5. The summed E-state index contributed by atoms with van der Waals surface area (Å²) >= 11 is 0. The maximum atomic E-state index is 11.3. The van der Waals surface area contributed by atoms with E-state index in [0.717, 1.165) is 0 Å². The zero-order valence-corrected chi connectivity index (χ0v) is 17.3. The number of anilines is 1. The molecular formula is C21H19N5O4S. The van der Waals surface area contributed by atoms with Gasteiger partial charge in [-0.3, -0.25) is 9.35 Å². The van der Waals surface area contributed by atoms with Crippen molar-refractivity contribution in [2.45, 2.75) is 6.92 Å². The summed E-state index contributed by atoms with van der Waals surface area (Å²) in [5.74, 6) is -0.570. The monoisotopic (exact) mass is 437 g/mol. The summed E-state index contributed by atoms with van der Waals surface area (Å²) in [4.78, 5) is 11.3. The molecule has 0 aromatic heterocycles. The molecule has 3 aromatic rings. The van der Waals surface area contributed by atoms with Crippen LogP contribution in [0.1, 0.15) is 17.3 Å². The highest BCUT2D eigenvalue weighted by molar-refractivity contribution is 7.85. The lowest BCUT2D eigenvalue weighted by molar-refractivity contribution is 0.101. The maximum absolute atomic E-state index is 11.3. The van der Waals surface area contributed by atoms with Gasteiger partial charge in [0.25, 0.3) is 10.1 Å². The molecule has 0 aliphatic heterocycles. The minimum Gasteiger partial charge on any atom is -0.370 e. The van der Waals surface area contributed by atoms with Crippen molar-refractivity contribution in [3.8, 4) is 0 Å². The van der Waals surface area contributed by atoms with Gasteiger partial charge >= 0.3 is 0 Å². The fraction of sp³-hybridized carbons (Fsp3) is 0.0952. The van der Waals surface area contributed by atoms with Gasteiger partial charge in [-0.15, -0.1) is 0 Å². The summed E-state index contributed by atoms with van der Waals surface area (Å²) in [5.41, 5.74) is 3.64. The van der Waals surface area contributed by atoms with Crippen LogP contribution in [0.25, 0.3) is 0 Å². The molecular weight excluding hydrogens is 418 g/mol. The number of carbonyl (C=O) groups excluding carboxylic acids is 1. The second-order valence-electron chi connectivity index (χ2n) is 6.47. The van der Waals surface area contributed by atoms with E-state index in [1.54, 1.807) is 72.8 Å². The number of rotatable bonds is 8. The van der Waals surface area contributed by atoms with E-state index in [1.807, 2.05) is 0 Å². The Balaban J connectivity index is 1.58. The highest BCUT2D eigenvalue weighted by Gasteiger charge is 2.03. The van der Waals surface area contributed by atoms with Crippen LogP contribution in [-0.2, 0) is 10.1 Å².